The van der Waals surface area contributed by atoms with Crippen LogP contribution in [0.1, 0.15) is 79.1 Å². The molecule has 0 aromatic rings. The summed E-state index contributed by atoms with van der Waals surface area (Å²) in [6.45, 7) is 9.89. The topological polar surface area (TPSA) is 12.5 Å². The molecule has 0 spiro atoms. The molecule has 2 heteroatoms. The minimum atomic E-state index is 0.590. The Hall–Kier alpha value is 0.177. The van der Waals surface area contributed by atoms with Gasteiger partial charge in [-0.15, -0.1) is 0 Å². The Kier molecular flexibility index (Phi) is 5.76. The Bertz CT molecular complexity index is 296. The van der Waals surface area contributed by atoms with Crippen LogP contribution in [-0.2, 0) is 4.74 Å². The molecule has 0 radical (unpaired) electrons. The second-order valence-corrected chi connectivity index (χ2v) is 11.0. The summed E-state index contributed by atoms with van der Waals surface area (Å²) in [7, 11) is 1.32. The third-order valence-electron chi connectivity index (χ3n) is 5.90. The molecule has 1 aliphatic heterocycles. The van der Waals surface area contributed by atoms with Crippen LogP contribution in [0.4, 0.5) is 0 Å². The highest BCUT2D eigenvalue weighted by Gasteiger charge is 2.46. The SMILES string of the molecule is CCCCCCC(C(C)C1CCC2OC2C1)C(C)(C)[SiH3]. The highest BCUT2D eigenvalue weighted by Crippen LogP contribution is 2.49. The molecule has 5 atom stereocenters. The lowest BCUT2D eigenvalue weighted by Gasteiger charge is -2.40. The van der Waals surface area contributed by atoms with E-state index in [0.717, 1.165) is 17.8 Å². The number of epoxide rings is 1. The fourth-order valence-electron chi connectivity index (χ4n) is 4.52. The molecule has 1 saturated heterocycles. The lowest BCUT2D eigenvalue weighted by atomic mass is 9.69. The predicted octanol–water partition coefficient (Wildman–Crippen LogP) is 4.34. The average molecular weight is 297 g/mol. The monoisotopic (exact) mass is 296 g/mol. The third kappa shape index (κ3) is 4.33. The van der Waals surface area contributed by atoms with E-state index in [1.165, 1.54) is 61.6 Å². The van der Waals surface area contributed by atoms with Gasteiger partial charge >= 0.3 is 0 Å². The fourth-order valence-corrected chi connectivity index (χ4v) is 5.33. The first-order chi connectivity index (χ1) is 9.43. The summed E-state index contributed by atoms with van der Waals surface area (Å²) in [5, 5.41) is 0.590. The van der Waals surface area contributed by atoms with E-state index in [9.17, 15) is 0 Å². The van der Waals surface area contributed by atoms with E-state index >= 15 is 0 Å². The van der Waals surface area contributed by atoms with E-state index in [1.54, 1.807) is 0 Å². The van der Waals surface area contributed by atoms with Crippen LogP contribution < -0.4 is 0 Å². The van der Waals surface area contributed by atoms with Crippen LogP contribution >= 0.6 is 0 Å². The van der Waals surface area contributed by atoms with Gasteiger partial charge in [0.2, 0.25) is 0 Å². The summed E-state index contributed by atoms with van der Waals surface area (Å²) >= 11 is 0. The first-order valence-corrected chi connectivity index (χ1v) is 10.1. The van der Waals surface area contributed by atoms with Crippen molar-refractivity contribution in [3.05, 3.63) is 0 Å². The zero-order valence-electron chi connectivity index (χ0n) is 14.5. The summed E-state index contributed by atoms with van der Waals surface area (Å²) in [5.41, 5.74) is 0. The third-order valence-corrected chi connectivity index (χ3v) is 6.65. The van der Waals surface area contributed by atoms with Gasteiger partial charge in [0.25, 0.3) is 0 Å². The van der Waals surface area contributed by atoms with E-state index < -0.39 is 0 Å². The van der Waals surface area contributed by atoms with Crippen molar-refractivity contribution < 1.29 is 4.74 Å². The number of hydrogen-bond acceptors (Lipinski definition) is 1. The molecule has 0 aromatic carbocycles. The Morgan fingerprint density at radius 1 is 1.15 bits per heavy atom. The maximum atomic E-state index is 5.75. The van der Waals surface area contributed by atoms with Gasteiger partial charge in [0.15, 0.2) is 0 Å². The van der Waals surface area contributed by atoms with Gasteiger partial charge in [0.05, 0.1) is 12.2 Å². The number of ether oxygens (including phenoxy) is 1. The lowest BCUT2D eigenvalue weighted by Crippen LogP contribution is -2.31. The van der Waals surface area contributed by atoms with Crippen molar-refractivity contribution in [2.24, 2.45) is 17.8 Å². The molecule has 20 heavy (non-hydrogen) atoms. The van der Waals surface area contributed by atoms with Crippen LogP contribution in [0.5, 0.6) is 0 Å². The molecule has 0 amide bonds. The zero-order valence-corrected chi connectivity index (χ0v) is 16.5. The standard InChI is InChI=1S/C18H36OSi/c1-5-6-7-8-9-15(18(3,4)20)13(2)14-10-11-16-17(12-14)19-16/h13-17H,5-12H2,1-4,20H3. The summed E-state index contributed by atoms with van der Waals surface area (Å²) in [6, 6.07) is 0. The van der Waals surface area contributed by atoms with Crippen LogP contribution in [0.15, 0.2) is 0 Å². The molecule has 5 unspecified atom stereocenters. The largest absolute Gasteiger partial charge is 0.370 e. The molecule has 2 fully saturated rings. The van der Waals surface area contributed by atoms with E-state index in [4.69, 9.17) is 4.74 Å². The number of fused-ring (bicyclic) bond motifs is 1. The Morgan fingerprint density at radius 2 is 1.90 bits per heavy atom. The number of rotatable bonds is 8. The van der Waals surface area contributed by atoms with Crippen molar-refractivity contribution in [1.29, 1.82) is 0 Å². The summed E-state index contributed by atoms with van der Waals surface area (Å²) in [6.07, 6.45) is 12.5. The molecule has 2 rings (SSSR count). The van der Waals surface area contributed by atoms with Gasteiger partial charge in [0, 0.05) is 10.2 Å². The number of unbranched alkanes of at least 4 members (excludes halogenated alkanes) is 3. The molecule has 1 heterocycles. The van der Waals surface area contributed by atoms with Crippen LogP contribution in [-0.4, -0.2) is 22.5 Å². The Balaban J connectivity index is 1.87. The molecule has 2 aliphatic rings. The van der Waals surface area contributed by atoms with Crippen molar-refractivity contribution >= 4 is 10.2 Å². The van der Waals surface area contributed by atoms with E-state index in [0.29, 0.717) is 17.2 Å². The molecule has 0 aromatic heterocycles. The maximum Gasteiger partial charge on any atom is 0.0844 e. The summed E-state index contributed by atoms with van der Waals surface area (Å²) < 4.78 is 5.75. The molecule has 0 N–H and O–H groups in total. The van der Waals surface area contributed by atoms with Crippen LogP contribution in [0.2, 0.25) is 5.04 Å². The van der Waals surface area contributed by atoms with Gasteiger partial charge in [-0.25, -0.2) is 0 Å². The molecule has 118 valence electrons. The lowest BCUT2D eigenvalue weighted by molar-refractivity contribution is 0.160. The summed E-state index contributed by atoms with van der Waals surface area (Å²) in [5.74, 6) is 2.77. The van der Waals surface area contributed by atoms with Gasteiger partial charge in [-0.3, -0.25) is 0 Å². The second-order valence-electron chi connectivity index (χ2n) is 8.47. The highest BCUT2D eigenvalue weighted by atomic mass is 28.1. The highest BCUT2D eigenvalue weighted by molar-refractivity contribution is 6.14. The fraction of sp³-hybridized carbons (Fsp3) is 1.00. The van der Waals surface area contributed by atoms with E-state index in [2.05, 4.69) is 27.7 Å². The zero-order chi connectivity index (χ0) is 14.8. The van der Waals surface area contributed by atoms with Crippen molar-refractivity contribution in [2.75, 3.05) is 0 Å². The average Bonchev–Trinajstić information content (AvgIpc) is 3.14. The first kappa shape index (κ1) is 16.5. The van der Waals surface area contributed by atoms with Crippen molar-refractivity contribution in [2.45, 2.75) is 96.3 Å². The second kappa shape index (κ2) is 6.96. The van der Waals surface area contributed by atoms with Gasteiger partial charge in [0.1, 0.15) is 0 Å². The number of hydrogen-bond donors (Lipinski definition) is 0. The summed E-state index contributed by atoms with van der Waals surface area (Å²) in [4.78, 5) is 0. The van der Waals surface area contributed by atoms with Gasteiger partial charge in [-0.2, -0.15) is 0 Å². The minimum absolute atomic E-state index is 0.590. The van der Waals surface area contributed by atoms with Crippen LogP contribution in [0.25, 0.3) is 0 Å². The molecule has 1 saturated carbocycles. The van der Waals surface area contributed by atoms with Crippen LogP contribution in [0.3, 0.4) is 0 Å². The van der Waals surface area contributed by atoms with E-state index in [-0.39, 0.29) is 0 Å². The molecule has 1 nitrogen and oxygen atoms in total. The van der Waals surface area contributed by atoms with E-state index in [1.807, 2.05) is 0 Å². The van der Waals surface area contributed by atoms with Gasteiger partial charge < -0.3 is 4.74 Å². The Morgan fingerprint density at radius 3 is 2.50 bits per heavy atom. The quantitative estimate of drug-likeness (QED) is 0.369. The van der Waals surface area contributed by atoms with Gasteiger partial charge in [-0.1, -0.05) is 53.4 Å². The van der Waals surface area contributed by atoms with Gasteiger partial charge in [-0.05, 0) is 48.5 Å². The van der Waals surface area contributed by atoms with Crippen molar-refractivity contribution in [3.63, 3.8) is 0 Å². The minimum Gasteiger partial charge on any atom is -0.370 e. The van der Waals surface area contributed by atoms with Crippen LogP contribution in [0, 0.1) is 17.8 Å². The molecule has 0 bridgehead atoms. The maximum absolute atomic E-state index is 5.75. The van der Waals surface area contributed by atoms with Crippen molar-refractivity contribution in [1.82, 2.24) is 0 Å². The predicted molar refractivity (Wildman–Crippen MR) is 91.4 cm³/mol. The first-order valence-electron chi connectivity index (χ1n) is 9.09. The Labute approximate surface area is 129 Å². The molecular weight excluding hydrogens is 260 g/mol. The molecular formula is C18H36OSi. The smallest absolute Gasteiger partial charge is 0.0844 e. The van der Waals surface area contributed by atoms with Crippen molar-refractivity contribution in [3.8, 4) is 0 Å². The normalized spacial score (nSPS) is 32.7. The molecule has 1 aliphatic carbocycles.